The molecule has 1 aromatic heterocycles. The number of furan rings is 1. The third kappa shape index (κ3) is 4.99. The molecule has 0 saturated carbocycles. The van der Waals surface area contributed by atoms with Crippen LogP contribution >= 0.6 is 0 Å². The van der Waals surface area contributed by atoms with Gasteiger partial charge in [-0.1, -0.05) is 42.5 Å². The Labute approximate surface area is 153 Å². The van der Waals surface area contributed by atoms with Gasteiger partial charge in [0.25, 0.3) is 0 Å². The van der Waals surface area contributed by atoms with Crippen LogP contribution in [0.5, 0.6) is 5.75 Å². The SMILES string of the molecule is Cc1cccc(OCCCC(=O)N[C@H](c2ccccc2)c2ccco2)c1. The number of rotatable bonds is 8. The second kappa shape index (κ2) is 8.90. The van der Waals surface area contributed by atoms with Gasteiger partial charge in [-0.05, 0) is 48.7 Å². The highest BCUT2D eigenvalue weighted by molar-refractivity contribution is 5.76. The molecule has 0 saturated heterocycles. The van der Waals surface area contributed by atoms with Gasteiger partial charge in [-0.15, -0.1) is 0 Å². The maximum atomic E-state index is 12.4. The van der Waals surface area contributed by atoms with E-state index >= 15 is 0 Å². The molecule has 4 heteroatoms. The van der Waals surface area contributed by atoms with Gasteiger partial charge in [0.15, 0.2) is 0 Å². The summed E-state index contributed by atoms with van der Waals surface area (Å²) >= 11 is 0. The minimum atomic E-state index is -0.281. The van der Waals surface area contributed by atoms with Crippen LogP contribution in [0.2, 0.25) is 0 Å². The maximum absolute atomic E-state index is 12.4. The van der Waals surface area contributed by atoms with Gasteiger partial charge in [0, 0.05) is 6.42 Å². The first-order valence-corrected chi connectivity index (χ1v) is 8.79. The number of nitrogens with one attached hydrogen (secondary N) is 1. The van der Waals surface area contributed by atoms with Gasteiger partial charge in [0.2, 0.25) is 5.91 Å². The van der Waals surface area contributed by atoms with Crippen LogP contribution in [-0.4, -0.2) is 12.5 Å². The molecule has 0 unspecified atom stereocenters. The summed E-state index contributed by atoms with van der Waals surface area (Å²) in [5.74, 6) is 1.53. The van der Waals surface area contributed by atoms with Crippen LogP contribution in [0.3, 0.4) is 0 Å². The first-order valence-electron chi connectivity index (χ1n) is 8.79. The Balaban J connectivity index is 1.52. The lowest BCUT2D eigenvalue weighted by molar-refractivity contribution is -0.121. The monoisotopic (exact) mass is 349 g/mol. The highest BCUT2D eigenvalue weighted by Crippen LogP contribution is 2.22. The molecule has 1 N–H and O–H groups in total. The van der Waals surface area contributed by atoms with Crippen molar-refractivity contribution in [3.8, 4) is 5.75 Å². The Morgan fingerprint density at radius 3 is 2.65 bits per heavy atom. The smallest absolute Gasteiger partial charge is 0.220 e. The van der Waals surface area contributed by atoms with Crippen molar-refractivity contribution >= 4 is 5.91 Å². The summed E-state index contributed by atoms with van der Waals surface area (Å²) in [6.07, 6.45) is 2.67. The van der Waals surface area contributed by atoms with Gasteiger partial charge < -0.3 is 14.5 Å². The predicted molar refractivity (Wildman–Crippen MR) is 101 cm³/mol. The molecule has 0 radical (unpaired) electrons. The molecule has 3 aromatic rings. The predicted octanol–water partition coefficient (Wildman–Crippen LogP) is 4.65. The summed E-state index contributed by atoms with van der Waals surface area (Å²) in [5.41, 5.74) is 2.15. The Morgan fingerprint density at radius 1 is 1.08 bits per heavy atom. The number of ether oxygens (including phenoxy) is 1. The minimum Gasteiger partial charge on any atom is -0.494 e. The fraction of sp³-hybridized carbons (Fsp3) is 0.227. The summed E-state index contributed by atoms with van der Waals surface area (Å²) < 4.78 is 11.2. The fourth-order valence-electron chi connectivity index (χ4n) is 2.78. The Morgan fingerprint density at radius 2 is 1.92 bits per heavy atom. The summed E-state index contributed by atoms with van der Waals surface area (Å²) in [6, 6.07) is 21.1. The molecule has 3 rings (SSSR count). The van der Waals surface area contributed by atoms with E-state index in [4.69, 9.17) is 9.15 Å². The van der Waals surface area contributed by atoms with Crippen LogP contribution in [0.15, 0.2) is 77.4 Å². The van der Waals surface area contributed by atoms with Gasteiger partial charge in [0.05, 0.1) is 12.9 Å². The number of carbonyl (C=O) groups excluding carboxylic acids is 1. The second-order valence-electron chi connectivity index (χ2n) is 6.20. The molecular weight excluding hydrogens is 326 g/mol. The highest BCUT2D eigenvalue weighted by atomic mass is 16.5. The molecule has 0 aliphatic rings. The fourth-order valence-corrected chi connectivity index (χ4v) is 2.78. The van der Waals surface area contributed by atoms with Crippen molar-refractivity contribution in [3.05, 3.63) is 89.9 Å². The van der Waals surface area contributed by atoms with Crippen LogP contribution in [0.4, 0.5) is 0 Å². The lowest BCUT2D eigenvalue weighted by Crippen LogP contribution is -2.29. The zero-order valence-corrected chi connectivity index (χ0v) is 14.9. The van der Waals surface area contributed by atoms with Crippen LogP contribution in [0, 0.1) is 6.92 Å². The van der Waals surface area contributed by atoms with Crippen LogP contribution in [0.1, 0.15) is 35.8 Å². The van der Waals surface area contributed by atoms with Crippen molar-refractivity contribution in [1.29, 1.82) is 0 Å². The maximum Gasteiger partial charge on any atom is 0.220 e. The third-order valence-electron chi connectivity index (χ3n) is 4.07. The van der Waals surface area contributed by atoms with E-state index in [2.05, 4.69) is 5.32 Å². The summed E-state index contributed by atoms with van der Waals surface area (Å²) in [5, 5.41) is 3.06. The average molecular weight is 349 g/mol. The number of hydrogen-bond acceptors (Lipinski definition) is 3. The summed E-state index contributed by atoms with van der Waals surface area (Å²) in [6.45, 7) is 2.53. The number of carbonyl (C=O) groups is 1. The van der Waals surface area contributed by atoms with Crippen molar-refractivity contribution in [3.63, 3.8) is 0 Å². The molecule has 2 aromatic carbocycles. The zero-order chi connectivity index (χ0) is 18.2. The van der Waals surface area contributed by atoms with E-state index in [-0.39, 0.29) is 11.9 Å². The van der Waals surface area contributed by atoms with Gasteiger partial charge >= 0.3 is 0 Å². The summed E-state index contributed by atoms with van der Waals surface area (Å²) in [7, 11) is 0. The molecule has 0 spiro atoms. The second-order valence-corrected chi connectivity index (χ2v) is 6.20. The van der Waals surface area contributed by atoms with Crippen molar-refractivity contribution in [2.24, 2.45) is 0 Å². The van der Waals surface area contributed by atoms with E-state index in [1.165, 1.54) is 0 Å². The quantitative estimate of drug-likeness (QED) is 0.602. The minimum absolute atomic E-state index is 0.0249. The van der Waals surface area contributed by atoms with Crippen LogP contribution in [-0.2, 0) is 4.79 Å². The number of aryl methyl sites for hydroxylation is 1. The molecule has 1 amide bonds. The Bertz CT molecular complexity index is 812. The average Bonchev–Trinajstić information content (AvgIpc) is 3.18. The largest absolute Gasteiger partial charge is 0.494 e. The van der Waals surface area contributed by atoms with Crippen molar-refractivity contribution < 1.29 is 13.9 Å². The topological polar surface area (TPSA) is 51.5 Å². The third-order valence-corrected chi connectivity index (χ3v) is 4.07. The molecule has 0 bridgehead atoms. The lowest BCUT2D eigenvalue weighted by Gasteiger charge is -2.17. The van der Waals surface area contributed by atoms with E-state index in [1.807, 2.05) is 73.7 Å². The number of benzene rings is 2. The normalized spacial score (nSPS) is 11.7. The van der Waals surface area contributed by atoms with E-state index < -0.39 is 0 Å². The van der Waals surface area contributed by atoms with Crippen molar-refractivity contribution in [1.82, 2.24) is 5.32 Å². The molecule has 0 aliphatic carbocycles. The Kier molecular flexibility index (Phi) is 6.09. The number of amides is 1. The van der Waals surface area contributed by atoms with Crippen molar-refractivity contribution in [2.45, 2.75) is 25.8 Å². The van der Waals surface area contributed by atoms with E-state index in [1.54, 1.807) is 6.26 Å². The zero-order valence-electron chi connectivity index (χ0n) is 14.9. The highest BCUT2D eigenvalue weighted by Gasteiger charge is 2.18. The van der Waals surface area contributed by atoms with Gasteiger partial charge in [-0.2, -0.15) is 0 Å². The standard InChI is InChI=1S/C22H23NO3/c1-17-8-5-11-19(16-17)25-14-7-13-21(24)23-22(20-12-6-15-26-20)18-9-3-2-4-10-18/h2-6,8-12,15-16,22H,7,13-14H2,1H3,(H,23,24)/t22-/m1/s1. The van der Waals surface area contributed by atoms with E-state index in [9.17, 15) is 4.79 Å². The van der Waals surface area contributed by atoms with Crippen LogP contribution < -0.4 is 10.1 Å². The van der Waals surface area contributed by atoms with Crippen molar-refractivity contribution in [2.75, 3.05) is 6.61 Å². The van der Waals surface area contributed by atoms with Gasteiger partial charge in [0.1, 0.15) is 17.6 Å². The molecule has 134 valence electrons. The summed E-state index contributed by atoms with van der Waals surface area (Å²) in [4.78, 5) is 12.4. The molecular formula is C22H23NO3. The molecule has 0 aliphatic heterocycles. The Hall–Kier alpha value is -3.01. The number of hydrogen-bond donors (Lipinski definition) is 1. The molecule has 4 nitrogen and oxygen atoms in total. The lowest BCUT2D eigenvalue weighted by atomic mass is 10.0. The first kappa shape index (κ1) is 17.8. The van der Waals surface area contributed by atoms with Gasteiger partial charge in [-0.25, -0.2) is 0 Å². The molecule has 1 heterocycles. The van der Waals surface area contributed by atoms with Crippen LogP contribution in [0.25, 0.3) is 0 Å². The van der Waals surface area contributed by atoms with Gasteiger partial charge in [-0.3, -0.25) is 4.79 Å². The molecule has 26 heavy (non-hydrogen) atoms. The van der Waals surface area contributed by atoms with E-state index in [0.717, 1.165) is 22.6 Å². The molecule has 0 fully saturated rings. The molecule has 1 atom stereocenters. The first-order chi connectivity index (χ1) is 12.7. The van der Waals surface area contributed by atoms with E-state index in [0.29, 0.717) is 19.4 Å².